The lowest BCUT2D eigenvalue weighted by Gasteiger charge is -2.12. The van der Waals surface area contributed by atoms with Crippen LogP contribution in [0.15, 0.2) is 52.8 Å². The second-order valence-electron chi connectivity index (χ2n) is 5.30. The smallest absolute Gasteiger partial charge is 0.317 e. The number of carbonyl (C=O) groups excluding carboxylic acids is 1. The highest BCUT2D eigenvalue weighted by Gasteiger charge is 2.16. The number of thiazole rings is 1. The fraction of sp³-hybridized carbons (Fsp3) is 0.250. The average molecular weight is 380 g/mol. The SMILES string of the molecule is C=CCn1c(=NC(=O)C2=COCCO2)sc2cc(S(C)(=O)=O)ccc21. The number of aromatic nitrogens is 1. The van der Waals surface area contributed by atoms with E-state index in [1.54, 1.807) is 22.8 Å². The maximum atomic E-state index is 12.3. The number of ether oxygens (including phenoxy) is 2. The van der Waals surface area contributed by atoms with Crippen LogP contribution >= 0.6 is 11.3 Å². The van der Waals surface area contributed by atoms with Gasteiger partial charge in [0, 0.05) is 12.8 Å². The molecule has 0 fully saturated rings. The first-order valence-electron chi connectivity index (χ1n) is 7.38. The van der Waals surface area contributed by atoms with Crippen LogP contribution in [-0.4, -0.2) is 38.4 Å². The van der Waals surface area contributed by atoms with E-state index in [0.29, 0.717) is 29.3 Å². The van der Waals surface area contributed by atoms with E-state index in [2.05, 4.69) is 11.6 Å². The van der Waals surface area contributed by atoms with Crippen LogP contribution in [-0.2, 0) is 30.7 Å². The zero-order valence-electron chi connectivity index (χ0n) is 13.5. The minimum absolute atomic E-state index is 0.0469. The van der Waals surface area contributed by atoms with Crippen molar-refractivity contribution in [1.29, 1.82) is 0 Å². The normalized spacial score (nSPS) is 15.4. The third-order valence-electron chi connectivity index (χ3n) is 3.45. The van der Waals surface area contributed by atoms with Crippen LogP contribution < -0.4 is 4.80 Å². The molecule has 0 saturated heterocycles. The molecule has 25 heavy (non-hydrogen) atoms. The van der Waals surface area contributed by atoms with Gasteiger partial charge in [0.25, 0.3) is 0 Å². The predicted octanol–water partition coefficient (Wildman–Crippen LogP) is 1.61. The summed E-state index contributed by atoms with van der Waals surface area (Å²) < 4.78 is 36.3. The molecule has 9 heteroatoms. The monoisotopic (exact) mass is 380 g/mol. The number of fused-ring (bicyclic) bond motifs is 1. The van der Waals surface area contributed by atoms with Crippen molar-refractivity contribution in [1.82, 2.24) is 4.57 Å². The molecule has 132 valence electrons. The summed E-state index contributed by atoms with van der Waals surface area (Å²) in [5.41, 5.74) is 0.777. The van der Waals surface area contributed by atoms with Crippen molar-refractivity contribution in [2.45, 2.75) is 11.4 Å². The van der Waals surface area contributed by atoms with Gasteiger partial charge in [-0.1, -0.05) is 17.4 Å². The molecule has 2 aromatic rings. The standard InChI is InChI=1S/C16H16N2O5S2/c1-3-6-18-12-5-4-11(25(2,20)21)9-14(12)24-16(18)17-15(19)13-10-22-7-8-23-13/h3-5,9-10H,1,6-8H2,2H3. The minimum Gasteiger partial charge on any atom is -0.494 e. The van der Waals surface area contributed by atoms with Crippen LogP contribution in [0.1, 0.15) is 0 Å². The van der Waals surface area contributed by atoms with Crippen molar-refractivity contribution < 1.29 is 22.7 Å². The summed E-state index contributed by atoms with van der Waals surface area (Å²) in [7, 11) is -3.32. The molecule has 0 N–H and O–H groups in total. The van der Waals surface area contributed by atoms with E-state index in [1.807, 2.05) is 0 Å². The molecule has 1 aliphatic rings. The van der Waals surface area contributed by atoms with Crippen LogP contribution in [0.2, 0.25) is 0 Å². The van der Waals surface area contributed by atoms with Gasteiger partial charge in [-0.05, 0) is 18.2 Å². The molecule has 0 radical (unpaired) electrons. The van der Waals surface area contributed by atoms with Crippen molar-refractivity contribution in [3.8, 4) is 0 Å². The molecule has 1 aromatic heterocycles. The summed E-state index contributed by atoms with van der Waals surface area (Å²) >= 11 is 1.23. The molecule has 0 aliphatic carbocycles. The van der Waals surface area contributed by atoms with Crippen LogP contribution in [0.4, 0.5) is 0 Å². The van der Waals surface area contributed by atoms with Crippen LogP contribution in [0.25, 0.3) is 10.2 Å². The van der Waals surface area contributed by atoms with E-state index in [9.17, 15) is 13.2 Å². The zero-order chi connectivity index (χ0) is 18.0. The summed E-state index contributed by atoms with van der Waals surface area (Å²) in [6.45, 7) is 4.83. The summed E-state index contributed by atoms with van der Waals surface area (Å²) in [6, 6.07) is 4.82. The Morgan fingerprint density at radius 3 is 2.88 bits per heavy atom. The maximum Gasteiger partial charge on any atom is 0.317 e. The highest BCUT2D eigenvalue weighted by Crippen LogP contribution is 2.22. The molecule has 0 unspecified atom stereocenters. The molecule has 3 rings (SSSR count). The largest absolute Gasteiger partial charge is 0.494 e. The van der Waals surface area contributed by atoms with Crippen LogP contribution in [0, 0.1) is 0 Å². The van der Waals surface area contributed by atoms with Crippen molar-refractivity contribution in [3.63, 3.8) is 0 Å². The fourth-order valence-electron chi connectivity index (χ4n) is 2.30. The number of carbonyl (C=O) groups is 1. The van der Waals surface area contributed by atoms with Gasteiger partial charge in [-0.15, -0.1) is 6.58 Å². The van der Waals surface area contributed by atoms with Gasteiger partial charge in [-0.2, -0.15) is 4.99 Å². The van der Waals surface area contributed by atoms with Gasteiger partial charge < -0.3 is 14.0 Å². The first-order valence-corrected chi connectivity index (χ1v) is 10.1. The molecular weight excluding hydrogens is 364 g/mol. The van der Waals surface area contributed by atoms with Crippen molar-refractivity contribution in [2.75, 3.05) is 19.5 Å². The molecule has 0 atom stereocenters. The van der Waals surface area contributed by atoms with Gasteiger partial charge in [0.05, 0.1) is 15.1 Å². The highest BCUT2D eigenvalue weighted by molar-refractivity contribution is 7.90. The van der Waals surface area contributed by atoms with E-state index < -0.39 is 15.7 Å². The molecule has 1 aromatic carbocycles. The Kier molecular flexibility index (Phi) is 4.78. The second kappa shape index (κ2) is 6.85. The number of hydrogen-bond donors (Lipinski definition) is 0. The molecule has 0 bridgehead atoms. The van der Waals surface area contributed by atoms with Crippen LogP contribution in [0.5, 0.6) is 0 Å². The van der Waals surface area contributed by atoms with E-state index in [0.717, 1.165) is 11.8 Å². The van der Waals surface area contributed by atoms with Gasteiger partial charge in [0.2, 0.25) is 5.76 Å². The number of allylic oxidation sites excluding steroid dienone is 1. The lowest BCUT2D eigenvalue weighted by atomic mass is 10.3. The number of amides is 1. The lowest BCUT2D eigenvalue weighted by Crippen LogP contribution is -2.19. The average Bonchev–Trinajstić information content (AvgIpc) is 2.92. The summed E-state index contributed by atoms with van der Waals surface area (Å²) in [5, 5.41) is 0. The number of rotatable bonds is 4. The number of sulfone groups is 1. The Morgan fingerprint density at radius 2 is 2.24 bits per heavy atom. The lowest BCUT2D eigenvalue weighted by molar-refractivity contribution is -0.119. The first-order chi connectivity index (χ1) is 11.9. The van der Waals surface area contributed by atoms with Crippen molar-refractivity contribution in [2.24, 2.45) is 4.99 Å². The number of nitrogens with zero attached hydrogens (tertiary/aromatic N) is 2. The predicted molar refractivity (Wildman–Crippen MR) is 93.7 cm³/mol. The Balaban J connectivity index is 2.14. The number of benzene rings is 1. The topological polar surface area (TPSA) is 87.0 Å². The Bertz CT molecular complexity index is 1040. The molecule has 1 amide bonds. The first kappa shape index (κ1) is 17.4. The maximum absolute atomic E-state index is 12.3. The molecule has 7 nitrogen and oxygen atoms in total. The summed E-state index contributed by atoms with van der Waals surface area (Å²) in [6.07, 6.45) is 4.09. The Labute approximate surface area is 148 Å². The second-order valence-corrected chi connectivity index (χ2v) is 8.33. The quantitative estimate of drug-likeness (QED) is 0.752. The Morgan fingerprint density at radius 1 is 1.44 bits per heavy atom. The minimum atomic E-state index is -3.32. The van der Waals surface area contributed by atoms with Gasteiger partial charge in [0.1, 0.15) is 19.5 Å². The van der Waals surface area contributed by atoms with Gasteiger partial charge in [-0.25, -0.2) is 8.42 Å². The summed E-state index contributed by atoms with van der Waals surface area (Å²) in [5.74, 6) is -0.502. The molecule has 0 spiro atoms. The molecule has 2 heterocycles. The summed E-state index contributed by atoms with van der Waals surface area (Å²) in [4.78, 5) is 17.0. The highest BCUT2D eigenvalue weighted by atomic mass is 32.2. The van der Waals surface area contributed by atoms with Gasteiger partial charge >= 0.3 is 5.91 Å². The van der Waals surface area contributed by atoms with Gasteiger partial charge in [-0.3, -0.25) is 4.79 Å². The fourth-order valence-corrected chi connectivity index (χ4v) is 4.10. The van der Waals surface area contributed by atoms with Gasteiger partial charge in [0.15, 0.2) is 14.6 Å². The Hall–Kier alpha value is -2.39. The third kappa shape index (κ3) is 3.67. The molecule has 1 aliphatic heterocycles. The van der Waals surface area contributed by atoms with E-state index in [1.165, 1.54) is 23.7 Å². The van der Waals surface area contributed by atoms with Crippen molar-refractivity contribution in [3.05, 3.63) is 47.7 Å². The zero-order valence-corrected chi connectivity index (χ0v) is 15.1. The van der Waals surface area contributed by atoms with E-state index in [-0.39, 0.29) is 10.7 Å². The van der Waals surface area contributed by atoms with Crippen molar-refractivity contribution >= 4 is 37.3 Å². The molecule has 0 saturated carbocycles. The third-order valence-corrected chi connectivity index (χ3v) is 5.60. The van der Waals surface area contributed by atoms with E-state index >= 15 is 0 Å². The van der Waals surface area contributed by atoms with E-state index in [4.69, 9.17) is 9.47 Å². The molecular formula is C16H16N2O5S2. The number of hydrogen-bond acceptors (Lipinski definition) is 6. The van der Waals surface area contributed by atoms with Crippen LogP contribution in [0.3, 0.4) is 0 Å².